The summed E-state index contributed by atoms with van der Waals surface area (Å²) in [5.41, 5.74) is 8.84. The molecule has 0 saturated heterocycles. The molecule has 0 saturated carbocycles. The summed E-state index contributed by atoms with van der Waals surface area (Å²) in [5, 5.41) is 10.5. The van der Waals surface area contributed by atoms with Crippen LogP contribution in [0.3, 0.4) is 0 Å². The van der Waals surface area contributed by atoms with E-state index >= 15 is 0 Å². The minimum Gasteiger partial charge on any atom is -0.388 e. The predicted molar refractivity (Wildman–Crippen MR) is 73.1 cm³/mol. The molecule has 0 aromatic heterocycles. The Hall–Kier alpha value is -0.860. The van der Waals surface area contributed by atoms with Crippen LogP contribution in [0.5, 0.6) is 0 Å². The Kier molecular flexibility index (Phi) is 4.34. The Morgan fingerprint density at radius 1 is 1.29 bits per heavy atom. The van der Waals surface area contributed by atoms with Gasteiger partial charge in [0.05, 0.1) is 6.10 Å². The van der Waals surface area contributed by atoms with Crippen LogP contribution in [0.25, 0.3) is 0 Å². The number of aliphatic hydroxyl groups excluding tert-OH is 1. The van der Waals surface area contributed by atoms with E-state index in [0.29, 0.717) is 12.5 Å². The minimum absolute atomic E-state index is 0.291. The quantitative estimate of drug-likeness (QED) is 0.842. The van der Waals surface area contributed by atoms with Crippen molar-refractivity contribution in [1.29, 1.82) is 0 Å². The fourth-order valence-corrected chi connectivity index (χ4v) is 1.85. The third-order valence-corrected chi connectivity index (χ3v) is 3.53. The number of rotatable bonds is 4. The van der Waals surface area contributed by atoms with Gasteiger partial charge in [0.25, 0.3) is 0 Å². The molecule has 0 radical (unpaired) electrons. The minimum atomic E-state index is -0.508. The molecule has 0 aliphatic heterocycles. The highest BCUT2D eigenvalue weighted by Gasteiger charge is 2.28. The predicted octanol–water partition coefficient (Wildman–Crippen LogP) is 3.14. The molecule has 17 heavy (non-hydrogen) atoms. The Balaban J connectivity index is 3.16. The summed E-state index contributed by atoms with van der Waals surface area (Å²) in [7, 11) is 0. The van der Waals surface area contributed by atoms with Gasteiger partial charge in [0.1, 0.15) is 0 Å². The average molecular weight is 235 g/mol. The maximum absolute atomic E-state index is 10.5. The molecule has 0 bridgehead atoms. The molecule has 0 fully saturated rings. The van der Waals surface area contributed by atoms with E-state index in [2.05, 4.69) is 32.0 Å². The number of benzene rings is 1. The fraction of sp³-hybridized carbons (Fsp3) is 0.600. The van der Waals surface area contributed by atoms with E-state index in [0.717, 1.165) is 11.1 Å². The monoisotopic (exact) mass is 235 g/mol. The molecule has 2 nitrogen and oxygen atoms in total. The lowest BCUT2D eigenvalue weighted by Crippen LogP contribution is -2.31. The Morgan fingerprint density at radius 2 is 1.88 bits per heavy atom. The highest BCUT2D eigenvalue weighted by Crippen LogP contribution is 2.35. The van der Waals surface area contributed by atoms with E-state index in [4.69, 9.17) is 5.73 Å². The molecule has 3 N–H and O–H groups in total. The normalized spacial score (nSPS) is 14.1. The van der Waals surface area contributed by atoms with E-state index in [1.54, 1.807) is 0 Å². The van der Waals surface area contributed by atoms with Crippen LogP contribution >= 0.6 is 0 Å². The van der Waals surface area contributed by atoms with Gasteiger partial charge in [-0.05, 0) is 29.5 Å². The number of hydrogen-bond acceptors (Lipinski definition) is 2. The van der Waals surface area contributed by atoms with Crippen molar-refractivity contribution >= 4 is 0 Å². The fourth-order valence-electron chi connectivity index (χ4n) is 1.85. The summed E-state index contributed by atoms with van der Waals surface area (Å²) in [5.74, 6) is 0.475. The number of aliphatic hydroxyl groups is 1. The molecule has 1 rings (SSSR count). The third-order valence-electron chi connectivity index (χ3n) is 3.53. The number of nitrogens with two attached hydrogens (primary N) is 1. The van der Waals surface area contributed by atoms with Crippen molar-refractivity contribution in [2.24, 2.45) is 11.1 Å². The first-order valence-corrected chi connectivity index (χ1v) is 6.28. The second-order valence-electron chi connectivity index (χ2n) is 5.87. The first-order valence-electron chi connectivity index (χ1n) is 6.28. The summed E-state index contributed by atoms with van der Waals surface area (Å²) >= 11 is 0. The lowest BCUT2D eigenvalue weighted by molar-refractivity contribution is 0.0549. The van der Waals surface area contributed by atoms with Gasteiger partial charge in [0.15, 0.2) is 0 Å². The molecule has 1 unspecified atom stereocenters. The van der Waals surface area contributed by atoms with Gasteiger partial charge in [-0.3, -0.25) is 0 Å². The lowest BCUT2D eigenvalue weighted by Gasteiger charge is -2.30. The molecule has 0 spiro atoms. The number of aryl methyl sites for hydroxylation is 1. The number of hydrogen-bond donors (Lipinski definition) is 2. The molecule has 1 atom stereocenters. The molecule has 0 aliphatic carbocycles. The largest absolute Gasteiger partial charge is 0.388 e. The van der Waals surface area contributed by atoms with Gasteiger partial charge in [0.2, 0.25) is 0 Å². The maximum atomic E-state index is 10.5. The van der Waals surface area contributed by atoms with Crippen LogP contribution in [0.2, 0.25) is 0 Å². The van der Waals surface area contributed by atoms with E-state index in [9.17, 15) is 5.11 Å². The van der Waals surface area contributed by atoms with Gasteiger partial charge in [-0.25, -0.2) is 0 Å². The summed E-state index contributed by atoms with van der Waals surface area (Å²) in [4.78, 5) is 0. The van der Waals surface area contributed by atoms with Crippen LogP contribution in [0.15, 0.2) is 18.2 Å². The third kappa shape index (κ3) is 3.08. The Labute approximate surface area is 105 Å². The summed E-state index contributed by atoms with van der Waals surface area (Å²) in [6.45, 7) is 10.8. The van der Waals surface area contributed by atoms with Crippen molar-refractivity contribution in [3.8, 4) is 0 Å². The maximum Gasteiger partial charge on any atom is 0.0855 e. The first kappa shape index (κ1) is 14.2. The van der Waals surface area contributed by atoms with Crippen LogP contribution in [0.4, 0.5) is 0 Å². The molecule has 0 amide bonds. The molecule has 1 aromatic carbocycles. The standard InChI is InChI=1S/C15H25NO/c1-10(2)12-7-6-11(3)13(8-12)14(17)15(4,5)9-16/h6-8,10,14,17H,9,16H2,1-5H3. The summed E-state index contributed by atoms with van der Waals surface area (Å²) in [6, 6.07) is 6.33. The van der Waals surface area contributed by atoms with Crippen LogP contribution < -0.4 is 5.73 Å². The Morgan fingerprint density at radius 3 is 2.35 bits per heavy atom. The van der Waals surface area contributed by atoms with Crippen molar-refractivity contribution in [2.75, 3.05) is 6.54 Å². The second kappa shape index (κ2) is 5.19. The second-order valence-corrected chi connectivity index (χ2v) is 5.87. The summed E-state index contributed by atoms with van der Waals surface area (Å²) in [6.07, 6.45) is -0.508. The van der Waals surface area contributed by atoms with Gasteiger partial charge in [-0.1, -0.05) is 45.9 Å². The highest BCUT2D eigenvalue weighted by molar-refractivity contribution is 5.35. The van der Waals surface area contributed by atoms with Gasteiger partial charge >= 0.3 is 0 Å². The van der Waals surface area contributed by atoms with Gasteiger partial charge < -0.3 is 10.8 Å². The zero-order valence-electron chi connectivity index (χ0n) is 11.6. The molecule has 1 aromatic rings. The smallest absolute Gasteiger partial charge is 0.0855 e. The van der Waals surface area contributed by atoms with E-state index in [1.165, 1.54) is 5.56 Å². The zero-order chi connectivity index (χ0) is 13.2. The van der Waals surface area contributed by atoms with Crippen LogP contribution in [-0.4, -0.2) is 11.7 Å². The van der Waals surface area contributed by atoms with Crippen molar-refractivity contribution in [3.63, 3.8) is 0 Å². The molecular weight excluding hydrogens is 210 g/mol. The summed E-state index contributed by atoms with van der Waals surface area (Å²) < 4.78 is 0. The van der Waals surface area contributed by atoms with Crippen molar-refractivity contribution in [1.82, 2.24) is 0 Å². The van der Waals surface area contributed by atoms with Crippen LogP contribution in [0, 0.1) is 12.3 Å². The zero-order valence-corrected chi connectivity index (χ0v) is 11.6. The molecule has 2 heteroatoms. The van der Waals surface area contributed by atoms with E-state index in [-0.39, 0.29) is 5.41 Å². The molecular formula is C15H25NO. The highest BCUT2D eigenvalue weighted by atomic mass is 16.3. The first-order chi connectivity index (χ1) is 7.79. The van der Waals surface area contributed by atoms with Crippen molar-refractivity contribution in [2.45, 2.75) is 46.6 Å². The molecule has 0 heterocycles. The van der Waals surface area contributed by atoms with Gasteiger partial charge in [-0.2, -0.15) is 0 Å². The Bertz CT molecular complexity index is 383. The SMILES string of the molecule is Cc1ccc(C(C)C)cc1C(O)C(C)(C)CN. The van der Waals surface area contributed by atoms with Gasteiger partial charge in [-0.15, -0.1) is 0 Å². The molecule has 0 aliphatic rings. The topological polar surface area (TPSA) is 46.2 Å². The lowest BCUT2D eigenvalue weighted by atomic mass is 9.80. The van der Waals surface area contributed by atoms with Crippen molar-refractivity contribution < 1.29 is 5.11 Å². The van der Waals surface area contributed by atoms with E-state index < -0.39 is 6.10 Å². The van der Waals surface area contributed by atoms with Crippen LogP contribution in [-0.2, 0) is 0 Å². The van der Waals surface area contributed by atoms with Gasteiger partial charge in [0, 0.05) is 12.0 Å². The van der Waals surface area contributed by atoms with Crippen LogP contribution in [0.1, 0.15) is 56.4 Å². The van der Waals surface area contributed by atoms with E-state index in [1.807, 2.05) is 20.8 Å². The van der Waals surface area contributed by atoms with Crippen molar-refractivity contribution in [3.05, 3.63) is 34.9 Å². The molecule has 96 valence electrons. The average Bonchev–Trinajstić information content (AvgIpc) is 2.28.